The molecule has 0 saturated carbocycles. The molecule has 0 atom stereocenters. The smallest absolute Gasteiger partial charge is 0.00631 e. The molecule has 2 aliphatic rings. The second-order valence-electron chi connectivity index (χ2n) is 5.08. The van der Waals surface area contributed by atoms with Gasteiger partial charge in [-0.25, -0.2) is 0 Å². The van der Waals surface area contributed by atoms with E-state index in [1.807, 2.05) is 0 Å². The van der Waals surface area contributed by atoms with Gasteiger partial charge in [0.15, 0.2) is 0 Å². The average molecular weight is 211 g/mol. The summed E-state index contributed by atoms with van der Waals surface area (Å²) in [6, 6.07) is 0.472. The lowest BCUT2D eigenvalue weighted by Gasteiger charge is -2.30. The zero-order valence-corrected chi connectivity index (χ0v) is 9.83. The van der Waals surface area contributed by atoms with Gasteiger partial charge in [0.25, 0.3) is 0 Å². The molecule has 0 aromatic carbocycles. The summed E-state index contributed by atoms with van der Waals surface area (Å²) in [7, 11) is 0. The first-order valence-electron chi connectivity index (χ1n) is 6.55. The van der Waals surface area contributed by atoms with Gasteiger partial charge in [-0.1, -0.05) is 0 Å². The maximum atomic E-state index is 5.89. The molecule has 0 radical (unpaired) electrons. The topological polar surface area (TPSA) is 32.5 Å². The maximum absolute atomic E-state index is 5.89. The largest absolute Gasteiger partial charge is 0.328 e. The van der Waals surface area contributed by atoms with Crippen LogP contribution < -0.4 is 5.73 Å². The molecule has 0 aliphatic carbocycles. The molecule has 15 heavy (non-hydrogen) atoms. The number of hydrogen-bond donors (Lipinski definition) is 1. The summed E-state index contributed by atoms with van der Waals surface area (Å²) in [6.07, 6.45) is 6.57. The second-order valence-corrected chi connectivity index (χ2v) is 5.08. The number of rotatable bonds is 4. The lowest BCUT2D eigenvalue weighted by atomic mass is 10.1. The molecule has 3 heteroatoms. The molecule has 2 rings (SSSR count). The highest BCUT2D eigenvalue weighted by Crippen LogP contribution is 2.10. The third kappa shape index (κ3) is 3.74. The van der Waals surface area contributed by atoms with Crippen molar-refractivity contribution in [3.05, 3.63) is 0 Å². The molecule has 2 heterocycles. The summed E-state index contributed by atoms with van der Waals surface area (Å²) in [4.78, 5) is 5.19. The standard InChI is InChI=1S/C12H25N3/c13-12-4-10-15(11-5-12)9-3-8-14-6-1-2-7-14/h12H,1-11,13H2. The molecule has 2 saturated heterocycles. The number of piperidine rings is 1. The van der Waals surface area contributed by atoms with Crippen molar-refractivity contribution < 1.29 is 0 Å². The molecule has 0 unspecified atom stereocenters. The van der Waals surface area contributed by atoms with Crippen LogP contribution in [0.4, 0.5) is 0 Å². The van der Waals surface area contributed by atoms with Gasteiger partial charge in [0.05, 0.1) is 0 Å². The Kier molecular flexibility index (Phi) is 4.42. The lowest BCUT2D eigenvalue weighted by molar-refractivity contribution is 0.199. The van der Waals surface area contributed by atoms with Crippen molar-refractivity contribution in [1.29, 1.82) is 0 Å². The quantitative estimate of drug-likeness (QED) is 0.750. The summed E-state index contributed by atoms with van der Waals surface area (Å²) >= 11 is 0. The van der Waals surface area contributed by atoms with E-state index in [1.165, 1.54) is 71.4 Å². The van der Waals surface area contributed by atoms with Gasteiger partial charge in [-0.3, -0.25) is 0 Å². The van der Waals surface area contributed by atoms with E-state index in [0.29, 0.717) is 6.04 Å². The van der Waals surface area contributed by atoms with Crippen molar-refractivity contribution in [3.63, 3.8) is 0 Å². The van der Waals surface area contributed by atoms with Gasteiger partial charge >= 0.3 is 0 Å². The van der Waals surface area contributed by atoms with Crippen LogP contribution in [0, 0.1) is 0 Å². The molecular formula is C12H25N3. The molecular weight excluding hydrogens is 186 g/mol. The monoisotopic (exact) mass is 211 g/mol. The first-order valence-corrected chi connectivity index (χ1v) is 6.55. The Morgan fingerprint density at radius 2 is 1.40 bits per heavy atom. The van der Waals surface area contributed by atoms with E-state index in [2.05, 4.69) is 9.80 Å². The van der Waals surface area contributed by atoms with Gasteiger partial charge in [0.1, 0.15) is 0 Å². The molecule has 0 spiro atoms. The lowest BCUT2D eigenvalue weighted by Crippen LogP contribution is -2.40. The molecule has 88 valence electrons. The summed E-state index contributed by atoms with van der Waals surface area (Å²) in [6.45, 7) is 7.71. The van der Waals surface area contributed by atoms with Gasteiger partial charge in [-0.2, -0.15) is 0 Å². The van der Waals surface area contributed by atoms with Crippen molar-refractivity contribution in [2.24, 2.45) is 5.73 Å². The average Bonchev–Trinajstić information content (AvgIpc) is 2.74. The van der Waals surface area contributed by atoms with Crippen LogP contribution >= 0.6 is 0 Å². The van der Waals surface area contributed by atoms with Crippen molar-refractivity contribution in [2.45, 2.75) is 38.1 Å². The van der Waals surface area contributed by atoms with E-state index in [9.17, 15) is 0 Å². The summed E-state index contributed by atoms with van der Waals surface area (Å²) in [5.74, 6) is 0. The number of hydrogen-bond acceptors (Lipinski definition) is 3. The molecule has 2 fully saturated rings. The first-order chi connectivity index (χ1) is 7.34. The van der Waals surface area contributed by atoms with Gasteiger partial charge in [-0.15, -0.1) is 0 Å². The molecule has 2 aliphatic heterocycles. The highest BCUT2D eigenvalue weighted by molar-refractivity contribution is 4.74. The normalized spacial score (nSPS) is 26.2. The molecule has 0 bridgehead atoms. The van der Waals surface area contributed by atoms with Crippen LogP contribution in [0.15, 0.2) is 0 Å². The van der Waals surface area contributed by atoms with Gasteiger partial charge in [0.2, 0.25) is 0 Å². The summed E-state index contributed by atoms with van der Waals surface area (Å²) < 4.78 is 0. The van der Waals surface area contributed by atoms with Crippen LogP contribution in [0.2, 0.25) is 0 Å². The van der Waals surface area contributed by atoms with Crippen LogP contribution in [0.3, 0.4) is 0 Å². The minimum Gasteiger partial charge on any atom is -0.328 e. The number of nitrogens with zero attached hydrogens (tertiary/aromatic N) is 2. The Hall–Kier alpha value is -0.120. The fraction of sp³-hybridized carbons (Fsp3) is 1.00. The van der Waals surface area contributed by atoms with E-state index < -0.39 is 0 Å². The Morgan fingerprint density at radius 3 is 2.00 bits per heavy atom. The summed E-state index contributed by atoms with van der Waals surface area (Å²) in [5.41, 5.74) is 5.89. The Labute approximate surface area is 93.6 Å². The fourth-order valence-electron chi connectivity index (χ4n) is 2.70. The number of nitrogens with two attached hydrogens (primary N) is 1. The first kappa shape index (κ1) is 11.4. The van der Waals surface area contributed by atoms with Crippen LogP contribution in [0.1, 0.15) is 32.1 Å². The molecule has 2 N–H and O–H groups in total. The molecule has 0 aromatic heterocycles. The number of likely N-dealkylation sites (tertiary alicyclic amines) is 2. The minimum atomic E-state index is 0.472. The maximum Gasteiger partial charge on any atom is 0.00631 e. The van der Waals surface area contributed by atoms with E-state index >= 15 is 0 Å². The van der Waals surface area contributed by atoms with Crippen LogP contribution in [-0.4, -0.2) is 55.1 Å². The van der Waals surface area contributed by atoms with E-state index in [4.69, 9.17) is 5.73 Å². The summed E-state index contributed by atoms with van der Waals surface area (Å²) in [5, 5.41) is 0. The zero-order chi connectivity index (χ0) is 10.5. The van der Waals surface area contributed by atoms with Crippen molar-refractivity contribution in [2.75, 3.05) is 39.3 Å². The van der Waals surface area contributed by atoms with Crippen LogP contribution in [0.25, 0.3) is 0 Å². The highest BCUT2D eigenvalue weighted by Gasteiger charge is 2.16. The van der Waals surface area contributed by atoms with E-state index in [-0.39, 0.29) is 0 Å². The van der Waals surface area contributed by atoms with Gasteiger partial charge < -0.3 is 15.5 Å². The zero-order valence-electron chi connectivity index (χ0n) is 9.83. The van der Waals surface area contributed by atoms with E-state index in [1.54, 1.807) is 0 Å². The highest BCUT2D eigenvalue weighted by atomic mass is 15.2. The minimum absolute atomic E-state index is 0.472. The molecule has 3 nitrogen and oxygen atoms in total. The molecule has 0 aromatic rings. The van der Waals surface area contributed by atoms with E-state index in [0.717, 1.165) is 0 Å². The van der Waals surface area contributed by atoms with Crippen LogP contribution in [-0.2, 0) is 0 Å². The predicted molar refractivity (Wildman–Crippen MR) is 63.9 cm³/mol. The third-order valence-electron chi connectivity index (χ3n) is 3.78. The Bertz CT molecular complexity index is 170. The van der Waals surface area contributed by atoms with Crippen molar-refractivity contribution in [3.8, 4) is 0 Å². The van der Waals surface area contributed by atoms with Crippen LogP contribution in [0.5, 0.6) is 0 Å². The fourth-order valence-corrected chi connectivity index (χ4v) is 2.70. The Balaban J connectivity index is 1.53. The van der Waals surface area contributed by atoms with Gasteiger partial charge in [-0.05, 0) is 71.4 Å². The predicted octanol–water partition coefficient (Wildman–Crippen LogP) is 0.895. The SMILES string of the molecule is NC1CCN(CCCN2CCCC2)CC1. The third-order valence-corrected chi connectivity index (χ3v) is 3.78. The van der Waals surface area contributed by atoms with Crippen molar-refractivity contribution >= 4 is 0 Å². The molecule has 0 amide bonds. The van der Waals surface area contributed by atoms with Gasteiger partial charge in [0, 0.05) is 6.04 Å². The second kappa shape index (κ2) is 5.83. The Morgan fingerprint density at radius 1 is 0.867 bits per heavy atom. The van der Waals surface area contributed by atoms with Crippen molar-refractivity contribution in [1.82, 2.24) is 9.80 Å².